The number of carbonyl (C=O) groups excluding carboxylic acids is 1. The Morgan fingerprint density at radius 2 is 2.31 bits per heavy atom. The number of rotatable bonds is 1. The number of nitrogens with two attached hydrogens (primary N) is 1. The fourth-order valence-electron chi connectivity index (χ4n) is 1.80. The number of nitrogens with zero attached hydrogens (tertiary/aromatic N) is 1. The number of likely N-dealkylation sites (tertiary alicyclic amines) is 1. The van der Waals surface area contributed by atoms with Crippen LogP contribution in [0.25, 0.3) is 0 Å². The molecule has 0 saturated carbocycles. The van der Waals surface area contributed by atoms with Crippen molar-refractivity contribution >= 4 is 40.1 Å². The molecule has 0 radical (unpaired) electrons. The molecule has 1 aromatic rings. The Kier molecular flexibility index (Phi) is 3.71. The van der Waals surface area contributed by atoms with Gasteiger partial charge in [0.2, 0.25) is 0 Å². The lowest BCUT2D eigenvalue weighted by atomic mass is 10.2. The second-order valence-electron chi connectivity index (χ2n) is 3.92. The second kappa shape index (κ2) is 4.89. The minimum atomic E-state index is 0.0276. The molecular formula is C11H12ClIN2O. The number of benzene rings is 1. The number of amides is 1. The molecule has 1 fully saturated rings. The highest BCUT2D eigenvalue weighted by Gasteiger charge is 2.25. The van der Waals surface area contributed by atoms with Crippen molar-refractivity contribution < 1.29 is 4.79 Å². The zero-order valence-electron chi connectivity index (χ0n) is 8.62. The van der Waals surface area contributed by atoms with E-state index in [4.69, 9.17) is 17.3 Å². The maximum atomic E-state index is 12.2. The molecular weight excluding hydrogens is 338 g/mol. The molecule has 1 aliphatic rings. The van der Waals surface area contributed by atoms with E-state index in [1.165, 1.54) is 0 Å². The van der Waals surface area contributed by atoms with E-state index in [1.807, 2.05) is 6.07 Å². The van der Waals surface area contributed by atoms with Crippen LogP contribution in [-0.4, -0.2) is 29.9 Å². The van der Waals surface area contributed by atoms with Gasteiger partial charge in [-0.1, -0.05) is 11.6 Å². The van der Waals surface area contributed by atoms with Crippen LogP contribution in [0.5, 0.6) is 0 Å². The van der Waals surface area contributed by atoms with E-state index in [1.54, 1.807) is 17.0 Å². The third-order valence-corrected chi connectivity index (χ3v) is 3.85. The molecule has 1 atom stereocenters. The normalized spacial score (nSPS) is 20.2. The first-order valence-electron chi connectivity index (χ1n) is 5.08. The van der Waals surface area contributed by atoms with Crippen molar-refractivity contribution in [2.24, 2.45) is 5.73 Å². The van der Waals surface area contributed by atoms with Crippen LogP contribution in [0.3, 0.4) is 0 Å². The zero-order valence-corrected chi connectivity index (χ0v) is 11.5. The maximum Gasteiger partial charge on any atom is 0.255 e. The molecule has 5 heteroatoms. The van der Waals surface area contributed by atoms with Crippen LogP contribution in [-0.2, 0) is 0 Å². The standard InChI is InChI=1S/C11H12ClIN2O/c12-7-1-2-10(13)9(5-7)11(16)15-4-3-8(14)6-15/h1-2,5,8H,3-4,6,14H2. The molecule has 0 aromatic heterocycles. The fourth-order valence-corrected chi connectivity index (χ4v) is 2.54. The molecule has 0 bridgehead atoms. The van der Waals surface area contributed by atoms with Gasteiger partial charge in [-0.15, -0.1) is 0 Å². The minimum absolute atomic E-state index is 0.0276. The van der Waals surface area contributed by atoms with Gasteiger partial charge >= 0.3 is 0 Å². The Hall–Kier alpha value is -0.330. The molecule has 1 aliphatic heterocycles. The topological polar surface area (TPSA) is 46.3 Å². The molecule has 16 heavy (non-hydrogen) atoms. The molecule has 1 unspecified atom stereocenters. The average molecular weight is 351 g/mol. The SMILES string of the molecule is NC1CCN(C(=O)c2cc(Cl)ccc2I)C1. The lowest BCUT2D eigenvalue weighted by Gasteiger charge is -2.16. The Bertz CT molecular complexity index is 424. The first kappa shape index (κ1) is 12.1. The maximum absolute atomic E-state index is 12.2. The molecule has 0 aliphatic carbocycles. The number of halogens is 2. The zero-order chi connectivity index (χ0) is 11.7. The Balaban J connectivity index is 2.23. The van der Waals surface area contributed by atoms with Gasteiger partial charge in [0.25, 0.3) is 5.91 Å². The first-order chi connectivity index (χ1) is 7.58. The van der Waals surface area contributed by atoms with Gasteiger partial charge < -0.3 is 10.6 Å². The summed E-state index contributed by atoms with van der Waals surface area (Å²) in [6.45, 7) is 1.38. The average Bonchev–Trinajstić information content (AvgIpc) is 2.67. The van der Waals surface area contributed by atoms with Gasteiger partial charge in [-0.3, -0.25) is 4.79 Å². The lowest BCUT2D eigenvalue weighted by Crippen LogP contribution is -2.32. The Labute approximate surface area is 113 Å². The summed E-state index contributed by atoms with van der Waals surface area (Å²) in [7, 11) is 0. The number of hydrogen-bond acceptors (Lipinski definition) is 2. The van der Waals surface area contributed by atoms with Crippen molar-refractivity contribution in [3.63, 3.8) is 0 Å². The van der Waals surface area contributed by atoms with E-state index < -0.39 is 0 Å². The van der Waals surface area contributed by atoms with E-state index >= 15 is 0 Å². The van der Waals surface area contributed by atoms with Crippen molar-refractivity contribution in [1.82, 2.24) is 4.90 Å². The fraction of sp³-hybridized carbons (Fsp3) is 0.364. The smallest absolute Gasteiger partial charge is 0.255 e. The quantitative estimate of drug-likeness (QED) is 0.789. The van der Waals surface area contributed by atoms with Crippen molar-refractivity contribution in [3.05, 3.63) is 32.4 Å². The highest BCUT2D eigenvalue weighted by atomic mass is 127. The van der Waals surface area contributed by atoms with Crippen molar-refractivity contribution in [2.45, 2.75) is 12.5 Å². The van der Waals surface area contributed by atoms with Crippen LogP contribution in [0.4, 0.5) is 0 Å². The van der Waals surface area contributed by atoms with Crippen LogP contribution in [0.2, 0.25) is 5.02 Å². The predicted molar refractivity (Wildman–Crippen MR) is 72.7 cm³/mol. The highest BCUT2D eigenvalue weighted by Crippen LogP contribution is 2.21. The van der Waals surface area contributed by atoms with Gasteiger partial charge in [0.1, 0.15) is 0 Å². The van der Waals surface area contributed by atoms with E-state index in [-0.39, 0.29) is 11.9 Å². The molecule has 0 spiro atoms. The van der Waals surface area contributed by atoms with E-state index in [0.29, 0.717) is 17.1 Å². The van der Waals surface area contributed by atoms with Crippen molar-refractivity contribution in [3.8, 4) is 0 Å². The molecule has 86 valence electrons. The summed E-state index contributed by atoms with van der Waals surface area (Å²) in [6, 6.07) is 5.47. The summed E-state index contributed by atoms with van der Waals surface area (Å²) in [5.74, 6) is 0.0276. The molecule has 1 saturated heterocycles. The van der Waals surface area contributed by atoms with E-state index in [9.17, 15) is 4.79 Å². The third-order valence-electron chi connectivity index (χ3n) is 2.67. The Morgan fingerprint density at radius 1 is 1.56 bits per heavy atom. The van der Waals surface area contributed by atoms with Crippen molar-refractivity contribution in [2.75, 3.05) is 13.1 Å². The summed E-state index contributed by atoms with van der Waals surface area (Å²) < 4.78 is 0.924. The molecule has 2 rings (SSSR count). The van der Waals surface area contributed by atoms with Crippen LogP contribution in [0.1, 0.15) is 16.8 Å². The van der Waals surface area contributed by atoms with Crippen LogP contribution < -0.4 is 5.73 Å². The summed E-state index contributed by atoms with van der Waals surface area (Å²) in [6.07, 6.45) is 0.878. The van der Waals surface area contributed by atoms with Gasteiger partial charge in [-0.25, -0.2) is 0 Å². The molecule has 1 aromatic carbocycles. The summed E-state index contributed by atoms with van der Waals surface area (Å²) in [4.78, 5) is 14.0. The van der Waals surface area contributed by atoms with Gasteiger partial charge in [-0.2, -0.15) is 0 Å². The van der Waals surface area contributed by atoms with E-state index in [2.05, 4.69) is 22.6 Å². The predicted octanol–water partition coefficient (Wildman–Crippen LogP) is 2.12. The Morgan fingerprint density at radius 3 is 2.94 bits per heavy atom. The van der Waals surface area contributed by atoms with Gasteiger partial charge in [-0.05, 0) is 47.2 Å². The van der Waals surface area contributed by atoms with Gasteiger partial charge in [0, 0.05) is 27.7 Å². The monoisotopic (exact) mass is 350 g/mol. The first-order valence-corrected chi connectivity index (χ1v) is 6.53. The largest absolute Gasteiger partial charge is 0.337 e. The molecule has 3 nitrogen and oxygen atoms in total. The van der Waals surface area contributed by atoms with Crippen LogP contribution in [0.15, 0.2) is 18.2 Å². The van der Waals surface area contributed by atoms with Crippen LogP contribution >= 0.6 is 34.2 Å². The van der Waals surface area contributed by atoms with Gasteiger partial charge in [0.15, 0.2) is 0 Å². The number of carbonyl (C=O) groups is 1. The van der Waals surface area contributed by atoms with Gasteiger partial charge in [0.05, 0.1) is 5.56 Å². The van der Waals surface area contributed by atoms with E-state index in [0.717, 1.165) is 16.5 Å². The highest BCUT2D eigenvalue weighted by molar-refractivity contribution is 14.1. The summed E-state index contributed by atoms with van der Waals surface area (Å²) in [5.41, 5.74) is 6.46. The number of hydrogen-bond donors (Lipinski definition) is 1. The molecule has 2 N–H and O–H groups in total. The molecule has 1 amide bonds. The second-order valence-corrected chi connectivity index (χ2v) is 5.52. The lowest BCUT2D eigenvalue weighted by molar-refractivity contribution is 0.0790. The van der Waals surface area contributed by atoms with Crippen molar-refractivity contribution in [1.29, 1.82) is 0 Å². The summed E-state index contributed by atoms with van der Waals surface area (Å²) in [5, 5.41) is 0.590. The van der Waals surface area contributed by atoms with Crippen LogP contribution in [0, 0.1) is 3.57 Å². The molecule has 1 heterocycles. The third kappa shape index (κ3) is 2.49. The summed E-state index contributed by atoms with van der Waals surface area (Å²) >= 11 is 8.04. The minimum Gasteiger partial charge on any atom is -0.337 e.